The van der Waals surface area contributed by atoms with Crippen LogP contribution in [0.2, 0.25) is 0 Å². The van der Waals surface area contributed by atoms with Crippen LogP contribution in [-0.2, 0) is 32.6 Å². The molecule has 4 rings (SSSR count). The van der Waals surface area contributed by atoms with Gasteiger partial charge in [-0.05, 0) is 73.0 Å². The Morgan fingerprint density at radius 1 is 0.864 bits per heavy atom. The predicted octanol–water partition coefficient (Wildman–Crippen LogP) is 6.26. The number of sulfonamides is 1. The van der Waals surface area contributed by atoms with Crippen molar-refractivity contribution in [3.63, 3.8) is 0 Å². The number of anilines is 1. The fraction of sp³-hybridized carbons (Fsp3) is 0.235. The van der Waals surface area contributed by atoms with E-state index in [2.05, 4.69) is 21.2 Å². The van der Waals surface area contributed by atoms with E-state index in [0.29, 0.717) is 13.0 Å². The molecule has 0 aromatic heterocycles. The van der Waals surface area contributed by atoms with Crippen LogP contribution in [0.1, 0.15) is 30.0 Å². The highest BCUT2D eigenvalue weighted by Gasteiger charge is 2.34. The van der Waals surface area contributed by atoms with Crippen LogP contribution in [0.4, 0.5) is 10.1 Å². The summed E-state index contributed by atoms with van der Waals surface area (Å²) in [5.41, 5.74) is 2.60. The molecular weight excluding hydrogens is 645 g/mol. The molecule has 0 saturated carbocycles. The Balaban J connectivity index is 1.78. The van der Waals surface area contributed by atoms with Crippen molar-refractivity contribution in [3.05, 3.63) is 130 Å². The van der Waals surface area contributed by atoms with Gasteiger partial charge in [-0.15, -0.1) is 0 Å². The summed E-state index contributed by atoms with van der Waals surface area (Å²) in [5, 5.41) is 2.92. The zero-order chi connectivity index (χ0) is 31.7. The molecule has 0 saturated heterocycles. The Bertz CT molecular complexity index is 1650. The number of carbonyl (C=O) groups excluding carboxylic acids is 2. The standard InChI is InChI=1S/C34H35BrFN3O4S/c1-3-21-37-34(41)32(22-26-7-5-4-6-8-26)38(23-27-11-13-28(35)14-12-27)33(40)24-39(30-17-15-29(36)16-18-30)44(42,43)31-19-9-25(2)10-20-31/h4-20,32H,3,21-24H2,1-2H3,(H,37,41)/t32-/m0/s1. The lowest BCUT2D eigenvalue weighted by Crippen LogP contribution is -2.53. The second kappa shape index (κ2) is 15.1. The number of nitrogens with one attached hydrogen (secondary N) is 1. The first kappa shape index (κ1) is 32.9. The molecule has 10 heteroatoms. The fourth-order valence-electron chi connectivity index (χ4n) is 4.68. The Hall–Kier alpha value is -4.02. The van der Waals surface area contributed by atoms with Crippen LogP contribution < -0.4 is 9.62 Å². The Kier molecular flexibility index (Phi) is 11.3. The third-order valence-electron chi connectivity index (χ3n) is 7.09. The van der Waals surface area contributed by atoms with Crippen LogP contribution in [0.25, 0.3) is 0 Å². The molecular formula is C34H35BrFN3O4S. The third-order valence-corrected chi connectivity index (χ3v) is 9.41. The largest absolute Gasteiger partial charge is 0.354 e. The van der Waals surface area contributed by atoms with Gasteiger partial charge in [0, 0.05) is 24.0 Å². The highest BCUT2D eigenvalue weighted by molar-refractivity contribution is 9.10. The molecule has 0 spiro atoms. The molecule has 0 radical (unpaired) electrons. The van der Waals surface area contributed by atoms with Gasteiger partial charge in [-0.3, -0.25) is 13.9 Å². The monoisotopic (exact) mass is 679 g/mol. The minimum absolute atomic E-state index is 0.0128. The molecule has 0 fully saturated rings. The van der Waals surface area contributed by atoms with Gasteiger partial charge in [-0.25, -0.2) is 12.8 Å². The number of nitrogens with zero attached hydrogens (tertiary/aromatic N) is 2. The summed E-state index contributed by atoms with van der Waals surface area (Å²) in [5.74, 6) is -1.46. The average molecular weight is 681 g/mol. The maximum absolute atomic E-state index is 14.4. The van der Waals surface area contributed by atoms with Gasteiger partial charge in [0.05, 0.1) is 10.6 Å². The molecule has 4 aromatic carbocycles. The number of amides is 2. The van der Waals surface area contributed by atoms with E-state index in [0.717, 1.165) is 37.6 Å². The van der Waals surface area contributed by atoms with E-state index in [-0.39, 0.29) is 29.5 Å². The van der Waals surface area contributed by atoms with E-state index in [1.165, 1.54) is 29.2 Å². The van der Waals surface area contributed by atoms with E-state index in [1.807, 2.05) is 68.4 Å². The van der Waals surface area contributed by atoms with E-state index in [4.69, 9.17) is 0 Å². The number of halogens is 2. The quantitative estimate of drug-likeness (QED) is 0.181. The van der Waals surface area contributed by atoms with Gasteiger partial charge < -0.3 is 10.2 Å². The first-order chi connectivity index (χ1) is 21.1. The molecule has 0 unspecified atom stereocenters. The molecule has 230 valence electrons. The molecule has 7 nitrogen and oxygen atoms in total. The van der Waals surface area contributed by atoms with Gasteiger partial charge in [0.15, 0.2) is 0 Å². The second-order valence-corrected chi connectivity index (χ2v) is 13.2. The Morgan fingerprint density at radius 3 is 2.11 bits per heavy atom. The van der Waals surface area contributed by atoms with Crippen LogP contribution in [0, 0.1) is 12.7 Å². The van der Waals surface area contributed by atoms with Gasteiger partial charge in [-0.1, -0.05) is 83.0 Å². The van der Waals surface area contributed by atoms with Gasteiger partial charge in [0.25, 0.3) is 10.0 Å². The number of aryl methyl sites for hydroxylation is 1. The molecule has 2 amide bonds. The molecule has 44 heavy (non-hydrogen) atoms. The first-order valence-electron chi connectivity index (χ1n) is 14.3. The number of benzene rings is 4. The van der Waals surface area contributed by atoms with Crippen molar-refractivity contribution in [1.82, 2.24) is 10.2 Å². The summed E-state index contributed by atoms with van der Waals surface area (Å²) in [6.45, 7) is 3.66. The second-order valence-electron chi connectivity index (χ2n) is 10.4. The summed E-state index contributed by atoms with van der Waals surface area (Å²) >= 11 is 3.43. The Labute approximate surface area is 266 Å². The fourth-order valence-corrected chi connectivity index (χ4v) is 6.36. The lowest BCUT2D eigenvalue weighted by Gasteiger charge is -2.34. The van der Waals surface area contributed by atoms with Crippen molar-refractivity contribution in [3.8, 4) is 0 Å². The smallest absolute Gasteiger partial charge is 0.264 e. The average Bonchev–Trinajstić information content (AvgIpc) is 3.02. The molecule has 1 N–H and O–H groups in total. The van der Waals surface area contributed by atoms with Gasteiger partial charge >= 0.3 is 0 Å². The molecule has 0 aliphatic heterocycles. The van der Waals surface area contributed by atoms with Crippen LogP contribution >= 0.6 is 15.9 Å². The number of carbonyl (C=O) groups is 2. The normalized spacial score (nSPS) is 11.9. The van der Waals surface area contributed by atoms with Crippen molar-refractivity contribution in [2.45, 2.75) is 44.2 Å². The van der Waals surface area contributed by atoms with Crippen molar-refractivity contribution in [2.75, 3.05) is 17.4 Å². The summed E-state index contributed by atoms with van der Waals surface area (Å²) < 4.78 is 43.7. The topological polar surface area (TPSA) is 86.8 Å². The van der Waals surface area contributed by atoms with Crippen molar-refractivity contribution < 1.29 is 22.4 Å². The number of hydrogen-bond donors (Lipinski definition) is 1. The van der Waals surface area contributed by atoms with E-state index in [9.17, 15) is 22.4 Å². The van der Waals surface area contributed by atoms with Crippen molar-refractivity contribution >= 4 is 43.5 Å². The minimum Gasteiger partial charge on any atom is -0.354 e. The van der Waals surface area contributed by atoms with Crippen molar-refractivity contribution in [2.24, 2.45) is 0 Å². The lowest BCUT2D eigenvalue weighted by molar-refractivity contribution is -0.140. The zero-order valence-corrected chi connectivity index (χ0v) is 27.0. The molecule has 1 atom stereocenters. The summed E-state index contributed by atoms with van der Waals surface area (Å²) in [6.07, 6.45) is 0.928. The van der Waals surface area contributed by atoms with Gasteiger partial charge in [0.2, 0.25) is 11.8 Å². The SMILES string of the molecule is CCCNC(=O)[C@H](Cc1ccccc1)N(Cc1ccc(Br)cc1)C(=O)CN(c1ccc(F)cc1)S(=O)(=O)c1ccc(C)cc1. The first-order valence-corrected chi connectivity index (χ1v) is 16.5. The highest BCUT2D eigenvalue weighted by Crippen LogP contribution is 2.26. The number of hydrogen-bond acceptors (Lipinski definition) is 4. The lowest BCUT2D eigenvalue weighted by atomic mass is 10.0. The summed E-state index contributed by atoms with van der Waals surface area (Å²) in [4.78, 5) is 29.4. The molecule has 0 aliphatic rings. The van der Waals surface area contributed by atoms with Crippen LogP contribution in [0.15, 0.2) is 112 Å². The molecule has 0 aliphatic carbocycles. The van der Waals surface area contributed by atoms with E-state index in [1.54, 1.807) is 12.1 Å². The van der Waals surface area contributed by atoms with E-state index < -0.39 is 34.3 Å². The number of rotatable bonds is 13. The molecule has 0 bridgehead atoms. The van der Waals surface area contributed by atoms with Crippen molar-refractivity contribution in [1.29, 1.82) is 0 Å². The highest BCUT2D eigenvalue weighted by atomic mass is 79.9. The summed E-state index contributed by atoms with van der Waals surface area (Å²) in [6, 6.07) is 27.0. The zero-order valence-electron chi connectivity index (χ0n) is 24.6. The van der Waals surface area contributed by atoms with Crippen LogP contribution in [-0.4, -0.2) is 44.3 Å². The third kappa shape index (κ3) is 8.54. The minimum atomic E-state index is -4.25. The summed E-state index contributed by atoms with van der Waals surface area (Å²) in [7, 11) is -4.25. The van der Waals surface area contributed by atoms with Crippen LogP contribution in [0.3, 0.4) is 0 Å². The van der Waals surface area contributed by atoms with Gasteiger partial charge in [-0.2, -0.15) is 0 Å². The van der Waals surface area contributed by atoms with Crippen LogP contribution in [0.5, 0.6) is 0 Å². The Morgan fingerprint density at radius 2 is 1.50 bits per heavy atom. The molecule has 4 aromatic rings. The molecule has 0 heterocycles. The van der Waals surface area contributed by atoms with Gasteiger partial charge in [0.1, 0.15) is 18.4 Å². The maximum Gasteiger partial charge on any atom is 0.264 e. The van der Waals surface area contributed by atoms with E-state index >= 15 is 0 Å². The predicted molar refractivity (Wildman–Crippen MR) is 174 cm³/mol. The maximum atomic E-state index is 14.4.